The van der Waals surface area contributed by atoms with E-state index in [9.17, 15) is 14.4 Å². The molecule has 1 aromatic carbocycles. The Balaban J connectivity index is 1.41. The van der Waals surface area contributed by atoms with Gasteiger partial charge in [-0.3, -0.25) is 18.6 Å². The van der Waals surface area contributed by atoms with Crippen molar-refractivity contribution in [2.45, 2.75) is 25.8 Å². The van der Waals surface area contributed by atoms with Crippen LogP contribution in [0.15, 0.2) is 58.3 Å². The average molecular weight is 403 g/mol. The monoisotopic (exact) mass is 403 g/mol. The second kappa shape index (κ2) is 6.98. The van der Waals surface area contributed by atoms with Crippen LogP contribution >= 0.6 is 0 Å². The fourth-order valence-electron chi connectivity index (χ4n) is 4.36. The molecule has 3 aromatic heterocycles. The lowest BCUT2D eigenvalue weighted by Crippen LogP contribution is -2.45. The van der Waals surface area contributed by atoms with Crippen LogP contribution in [0.2, 0.25) is 0 Å². The lowest BCUT2D eigenvalue weighted by atomic mass is 10.0. The maximum Gasteiger partial charge on any atom is 0.329 e. The van der Waals surface area contributed by atoms with Crippen molar-refractivity contribution in [2.75, 3.05) is 13.1 Å². The molecule has 4 aromatic rings. The third-order valence-corrected chi connectivity index (χ3v) is 5.86. The van der Waals surface area contributed by atoms with Gasteiger partial charge in [0.05, 0.1) is 16.6 Å². The number of benzene rings is 1. The van der Waals surface area contributed by atoms with Crippen LogP contribution < -0.4 is 11.2 Å². The molecule has 0 bridgehead atoms. The molecule has 5 rings (SSSR count). The summed E-state index contributed by atoms with van der Waals surface area (Å²) in [5, 5.41) is 0.497. The summed E-state index contributed by atoms with van der Waals surface area (Å²) in [4.78, 5) is 47.7. The van der Waals surface area contributed by atoms with Gasteiger partial charge in [0.25, 0.3) is 11.5 Å². The number of amides is 1. The highest BCUT2D eigenvalue weighted by Crippen LogP contribution is 2.23. The van der Waals surface area contributed by atoms with E-state index in [-0.39, 0.29) is 17.5 Å². The summed E-state index contributed by atoms with van der Waals surface area (Å²) in [5.41, 5.74) is 1.85. The van der Waals surface area contributed by atoms with Gasteiger partial charge in [-0.05, 0) is 44.0 Å². The zero-order chi connectivity index (χ0) is 20.8. The van der Waals surface area contributed by atoms with E-state index in [0.717, 1.165) is 5.65 Å². The number of H-pyrrole nitrogens is 1. The smallest absolute Gasteiger partial charge is 0.329 e. The maximum absolute atomic E-state index is 13.2. The molecule has 1 aliphatic rings. The number of nitrogens with one attached hydrogen (secondary N) is 1. The van der Waals surface area contributed by atoms with Gasteiger partial charge in [-0.1, -0.05) is 18.2 Å². The van der Waals surface area contributed by atoms with E-state index < -0.39 is 5.69 Å². The van der Waals surface area contributed by atoms with Crippen LogP contribution in [0.5, 0.6) is 0 Å². The van der Waals surface area contributed by atoms with Gasteiger partial charge in [0.2, 0.25) is 0 Å². The summed E-state index contributed by atoms with van der Waals surface area (Å²) in [6.07, 6.45) is 2.93. The second-order valence-electron chi connectivity index (χ2n) is 7.65. The number of fused-ring (bicyclic) bond motifs is 2. The third-order valence-electron chi connectivity index (χ3n) is 5.86. The maximum atomic E-state index is 13.2. The van der Waals surface area contributed by atoms with Crippen LogP contribution in [0.25, 0.3) is 16.6 Å². The highest BCUT2D eigenvalue weighted by atomic mass is 16.2. The van der Waals surface area contributed by atoms with E-state index in [0.29, 0.717) is 48.2 Å². The first kappa shape index (κ1) is 18.4. The Bertz CT molecular complexity index is 1390. The minimum Gasteiger partial charge on any atom is -0.337 e. The molecular weight excluding hydrogens is 382 g/mol. The number of nitrogens with zero attached hydrogens (tertiary/aromatic N) is 4. The molecule has 30 heavy (non-hydrogen) atoms. The number of imidazole rings is 1. The Labute approximate surface area is 171 Å². The van der Waals surface area contributed by atoms with E-state index in [1.165, 1.54) is 4.57 Å². The van der Waals surface area contributed by atoms with Crippen molar-refractivity contribution in [1.82, 2.24) is 23.8 Å². The first-order valence-corrected chi connectivity index (χ1v) is 10.0. The van der Waals surface area contributed by atoms with Gasteiger partial charge in [-0.25, -0.2) is 9.78 Å². The summed E-state index contributed by atoms with van der Waals surface area (Å²) in [7, 11) is 0. The molecule has 0 unspecified atom stereocenters. The molecule has 0 spiro atoms. The average Bonchev–Trinajstić information content (AvgIpc) is 3.09. The zero-order valence-electron chi connectivity index (χ0n) is 16.5. The van der Waals surface area contributed by atoms with Crippen LogP contribution in [0.4, 0.5) is 0 Å². The normalized spacial score (nSPS) is 15.2. The molecule has 152 valence electrons. The number of carbonyl (C=O) groups excluding carboxylic acids is 1. The molecule has 1 aliphatic heterocycles. The summed E-state index contributed by atoms with van der Waals surface area (Å²) in [6, 6.07) is 12.4. The van der Waals surface area contributed by atoms with E-state index in [4.69, 9.17) is 0 Å². The van der Waals surface area contributed by atoms with Gasteiger partial charge in [-0.2, -0.15) is 0 Å². The third kappa shape index (κ3) is 2.83. The number of aromatic nitrogens is 4. The van der Waals surface area contributed by atoms with Crippen LogP contribution in [-0.4, -0.2) is 42.8 Å². The van der Waals surface area contributed by atoms with Gasteiger partial charge < -0.3 is 9.88 Å². The fourth-order valence-corrected chi connectivity index (χ4v) is 4.36. The van der Waals surface area contributed by atoms with Crippen molar-refractivity contribution in [3.63, 3.8) is 0 Å². The van der Waals surface area contributed by atoms with Crippen molar-refractivity contribution >= 4 is 22.5 Å². The second-order valence-corrected chi connectivity index (χ2v) is 7.65. The number of rotatable bonds is 2. The summed E-state index contributed by atoms with van der Waals surface area (Å²) >= 11 is 0. The van der Waals surface area contributed by atoms with Crippen LogP contribution in [-0.2, 0) is 0 Å². The summed E-state index contributed by atoms with van der Waals surface area (Å²) < 4.78 is 3.12. The molecule has 0 aliphatic carbocycles. The minimum absolute atomic E-state index is 0.0792. The number of pyridine rings is 1. The van der Waals surface area contributed by atoms with E-state index in [1.54, 1.807) is 29.2 Å². The van der Waals surface area contributed by atoms with Crippen LogP contribution in [0.3, 0.4) is 0 Å². The number of para-hydroxylation sites is 1. The Morgan fingerprint density at radius 3 is 2.60 bits per heavy atom. The Hall–Kier alpha value is -3.68. The lowest BCUT2D eigenvalue weighted by Gasteiger charge is -2.32. The number of piperidine rings is 1. The predicted octanol–water partition coefficient (Wildman–Crippen LogP) is 2.12. The first-order chi connectivity index (χ1) is 14.5. The van der Waals surface area contributed by atoms with Crippen LogP contribution in [0.1, 0.15) is 35.1 Å². The van der Waals surface area contributed by atoms with Gasteiger partial charge in [-0.15, -0.1) is 0 Å². The number of hydrogen-bond acceptors (Lipinski definition) is 4. The largest absolute Gasteiger partial charge is 0.337 e. The minimum atomic E-state index is -0.402. The van der Waals surface area contributed by atoms with E-state index >= 15 is 0 Å². The summed E-state index contributed by atoms with van der Waals surface area (Å²) in [5.74, 6) is -0.0792. The standard InChI is InChI=1S/C22H21N5O3/c1-14-19(26-11-5-4-8-18(26)23-14)21(29)25-12-9-15(10-13-25)27-20(28)16-6-2-3-7-17(16)24-22(27)30/h2-8,11,15H,9-10,12-13H2,1H3,(H,24,30). The topological polar surface area (TPSA) is 92.5 Å². The lowest BCUT2D eigenvalue weighted by molar-refractivity contribution is 0.0684. The first-order valence-electron chi connectivity index (χ1n) is 10.0. The molecule has 4 heterocycles. The molecule has 1 amide bonds. The molecule has 0 saturated carbocycles. The molecule has 8 nitrogen and oxygen atoms in total. The number of carbonyl (C=O) groups is 1. The summed E-state index contributed by atoms with van der Waals surface area (Å²) in [6.45, 7) is 2.78. The van der Waals surface area contributed by atoms with Gasteiger partial charge >= 0.3 is 5.69 Å². The van der Waals surface area contributed by atoms with Gasteiger partial charge in [0.15, 0.2) is 0 Å². The number of hydrogen-bond donors (Lipinski definition) is 1. The molecule has 8 heteroatoms. The molecule has 1 N–H and O–H groups in total. The van der Waals surface area contributed by atoms with Crippen molar-refractivity contribution in [2.24, 2.45) is 0 Å². The Morgan fingerprint density at radius 2 is 1.80 bits per heavy atom. The number of aryl methyl sites for hydroxylation is 1. The van der Waals surface area contributed by atoms with Crippen molar-refractivity contribution in [1.29, 1.82) is 0 Å². The Morgan fingerprint density at radius 1 is 1.07 bits per heavy atom. The number of likely N-dealkylation sites (tertiary alicyclic amines) is 1. The quantitative estimate of drug-likeness (QED) is 0.555. The van der Waals surface area contributed by atoms with E-state index in [1.807, 2.05) is 35.7 Å². The number of aromatic amines is 1. The molecule has 0 atom stereocenters. The SMILES string of the molecule is Cc1nc2ccccn2c1C(=O)N1CCC(n2c(=O)[nH]c3ccccc3c2=O)CC1. The molecule has 1 saturated heterocycles. The predicted molar refractivity (Wildman–Crippen MR) is 113 cm³/mol. The molecule has 1 fully saturated rings. The van der Waals surface area contributed by atoms with Crippen LogP contribution in [0, 0.1) is 6.92 Å². The fraction of sp³-hybridized carbons (Fsp3) is 0.273. The van der Waals surface area contributed by atoms with Crippen molar-refractivity contribution in [3.8, 4) is 0 Å². The zero-order valence-corrected chi connectivity index (χ0v) is 16.5. The van der Waals surface area contributed by atoms with E-state index in [2.05, 4.69) is 9.97 Å². The van der Waals surface area contributed by atoms with Crippen molar-refractivity contribution < 1.29 is 4.79 Å². The van der Waals surface area contributed by atoms with Gasteiger partial charge in [0, 0.05) is 25.3 Å². The molecule has 0 radical (unpaired) electrons. The highest BCUT2D eigenvalue weighted by molar-refractivity contribution is 5.94. The molecular formula is C22H21N5O3. The Kier molecular flexibility index (Phi) is 4.27. The van der Waals surface area contributed by atoms with Crippen molar-refractivity contribution in [3.05, 3.63) is 80.9 Å². The highest BCUT2D eigenvalue weighted by Gasteiger charge is 2.29. The van der Waals surface area contributed by atoms with Gasteiger partial charge in [0.1, 0.15) is 11.3 Å².